The molecule has 2 amide bonds. The maximum Gasteiger partial charge on any atom is 0.238 e. The number of hydrogen-bond acceptors (Lipinski definition) is 5. The van der Waals surface area contributed by atoms with Crippen LogP contribution in [0, 0.1) is 0 Å². The van der Waals surface area contributed by atoms with Crippen LogP contribution in [0.15, 0.2) is 47.4 Å². The van der Waals surface area contributed by atoms with E-state index < -0.39 is 5.25 Å². The minimum atomic E-state index is -0.421. The van der Waals surface area contributed by atoms with Crippen molar-refractivity contribution in [2.45, 2.75) is 16.6 Å². The number of carbonyl (C=O) groups is 2. The van der Waals surface area contributed by atoms with Gasteiger partial charge in [-0.1, -0.05) is 11.6 Å². The maximum absolute atomic E-state index is 12.8. The number of carbonyl (C=O) groups excluding carboxylic acids is 2. The lowest BCUT2D eigenvalue weighted by molar-refractivity contribution is -0.132. The van der Waals surface area contributed by atoms with E-state index in [9.17, 15) is 9.59 Å². The van der Waals surface area contributed by atoms with Crippen molar-refractivity contribution in [2.75, 3.05) is 43.5 Å². The third kappa shape index (κ3) is 4.46. The van der Waals surface area contributed by atoms with E-state index in [1.54, 1.807) is 19.2 Å². The molecule has 6 nitrogen and oxygen atoms in total. The van der Waals surface area contributed by atoms with Gasteiger partial charge < -0.3 is 19.9 Å². The smallest absolute Gasteiger partial charge is 0.238 e. The molecule has 29 heavy (non-hydrogen) atoms. The van der Waals surface area contributed by atoms with Gasteiger partial charge in [0.15, 0.2) is 0 Å². The number of hydrogen-bond donors (Lipinski definition) is 1. The Hall–Kier alpha value is -2.38. The molecule has 1 atom stereocenters. The van der Waals surface area contributed by atoms with E-state index in [1.807, 2.05) is 35.2 Å². The predicted octanol–water partition coefficient (Wildman–Crippen LogP) is 3.50. The molecule has 1 N–H and O–H groups in total. The summed E-state index contributed by atoms with van der Waals surface area (Å²) in [5.41, 5.74) is 1.83. The molecule has 2 aliphatic rings. The largest absolute Gasteiger partial charge is 0.497 e. The topological polar surface area (TPSA) is 61.9 Å². The van der Waals surface area contributed by atoms with Crippen molar-refractivity contribution in [1.29, 1.82) is 0 Å². The molecule has 2 aliphatic heterocycles. The normalized spacial score (nSPS) is 18.8. The zero-order valence-corrected chi connectivity index (χ0v) is 17.6. The Morgan fingerprint density at radius 2 is 1.90 bits per heavy atom. The highest BCUT2D eigenvalue weighted by atomic mass is 35.5. The van der Waals surface area contributed by atoms with Crippen molar-refractivity contribution in [3.63, 3.8) is 0 Å². The quantitative estimate of drug-likeness (QED) is 0.802. The molecule has 0 bridgehead atoms. The van der Waals surface area contributed by atoms with Gasteiger partial charge in [0.1, 0.15) is 5.75 Å². The first kappa shape index (κ1) is 19.9. The molecule has 2 aromatic rings. The molecule has 152 valence electrons. The first-order chi connectivity index (χ1) is 14.0. The second kappa shape index (κ2) is 8.55. The fraction of sp³-hybridized carbons (Fsp3) is 0.333. The van der Waals surface area contributed by atoms with Crippen LogP contribution < -0.4 is 15.0 Å². The van der Waals surface area contributed by atoms with Crippen LogP contribution in [-0.4, -0.2) is 55.3 Å². The standard InChI is InChI=1S/C21H22ClN3O3S/c1-28-16-5-3-15(4-6-16)24-8-10-25(11-9-24)20(26)13-19-21(27)23-17-12-14(22)2-7-18(17)29-19/h2-7,12,19H,8-11,13H2,1H3,(H,23,27)/t19-/m0/s1. The molecule has 0 aromatic heterocycles. The van der Waals surface area contributed by atoms with E-state index in [0.717, 1.165) is 29.4 Å². The average Bonchev–Trinajstić information content (AvgIpc) is 2.74. The minimum Gasteiger partial charge on any atom is -0.497 e. The van der Waals surface area contributed by atoms with Crippen LogP contribution in [0.25, 0.3) is 0 Å². The number of anilines is 2. The van der Waals surface area contributed by atoms with Gasteiger partial charge in [0, 0.05) is 48.2 Å². The average molecular weight is 432 g/mol. The van der Waals surface area contributed by atoms with Gasteiger partial charge in [-0.15, -0.1) is 11.8 Å². The van der Waals surface area contributed by atoms with E-state index in [0.29, 0.717) is 23.8 Å². The van der Waals surface area contributed by atoms with E-state index in [2.05, 4.69) is 10.2 Å². The molecule has 1 fully saturated rings. The third-order valence-electron chi connectivity index (χ3n) is 5.19. The predicted molar refractivity (Wildman–Crippen MR) is 116 cm³/mol. The Morgan fingerprint density at radius 3 is 2.59 bits per heavy atom. The fourth-order valence-electron chi connectivity index (χ4n) is 3.55. The van der Waals surface area contributed by atoms with Gasteiger partial charge in [-0.2, -0.15) is 0 Å². The number of benzene rings is 2. The summed E-state index contributed by atoms with van der Waals surface area (Å²) in [5.74, 6) is 0.703. The van der Waals surface area contributed by atoms with Crippen LogP contribution in [-0.2, 0) is 9.59 Å². The lowest BCUT2D eigenvalue weighted by atomic mass is 10.2. The van der Waals surface area contributed by atoms with Gasteiger partial charge in [0.25, 0.3) is 0 Å². The molecule has 2 heterocycles. The summed E-state index contributed by atoms with van der Waals surface area (Å²) < 4.78 is 5.20. The van der Waals surface area contributed by atoms with Gasteiger partial charge in [-0.25, -0.2) is 0 Å². The molecule has 0 radical (unpaired) electrons. The van der Waals surface area contributed by atoms with Gasteiger partial charge in [0.05, 0.1) is 18.0 Å². The molecule has 4 rings (SSSR count). The monoisotopic (exact) mass is 431 g/mol. The molecule has 0 saturated carbocycles. The summed E-state index contributed by atoms with van der Waals surface area (Å²) in [6, 6.07) is 13.4. The molecule has 0 unspecified atom stereocenters. The van der Waals surface area contributed by atoms with E-state index in [-0.39, 0.29) is 18.2 Å². The van der Waals surface area contributed by atoms with Crippen LogP contribution in [0.2, 0.25) is 5.02 Å². The summed E-state index contributed by atoms with van der Waals surface area (Å²) in [6.45, 7) is 2.83. The summed E-state index contributed by atoms with van der Waals surface area (Å²) in [4.78, 5) is 30.2. The van der Waals surface area contributed by atoms with Crippen LogP contribution in [0.4, 0.5) is 11.4 Å². The molecular weight excluding hydrogens is 410 g/mol. The van der Waals surface area contributed by atoms with Crippen molar-refractivity contribution in [3.05, 3.63) is 47.5 Å². The van der Waals surface area contributed by atoms with Crippen LogP contribution in [0.3, 0.4) is 0 Å². The molecule has 8 heteroatoms. The molecular formula is C21H22ClN3O3S. The van der Waals surface area contributed by atoms with Crippen molar-refractivity contribution in [2.24, 2.45) is 0 Å². The van der Waals surface area contributed by atoms with Gasteiger partial charge in [-0.05, 0) is 42.5 Å². The highest BCUT2D eigenvalue weighted by molar-refractivity contribution is 8.01. The molecule has 2 aromatic carbocycles. The Morgan fingerprint density at radius 1 is 1.17 bits per heavy atom. The van der Waals surface area contributed by atoms with Crippen LogP contribution in [0.1, 0.15) is 6.42 Å². The fourth-order valence-corrected chi connectivity index (χ4v) is 4.81. The first-order valence-corrected chi connectivity index (χ1v) is 10.7. The van der Waals surface area contributed by atoms with Gasteiger partial charge >= 0.3 is 0 Å². The summed E-state index contributed by atoms with van der Waals surface area (Å²) in [6.07, 6.45) is 0.196. The first-order valence-electron chi connectivity index (χ1n) is 9.47. The van der Waals surface area contributed by atoms with Gasteiger partial charge in [-0.3, -0.25) is 9.59 Å². The lowest BCUT2D eigenvalue weighted by Crippen LogP contribution is -2.49. The van der Waals surface area contributed by atoms with Gasteiger partial charge in [0.2, 0.25) is 11.8 Å². The van der Waals surface area contributed by atoms with Crippen LogP contribution in [0.5, 0.6) is 5.75 Å². The lowest BCUT2D eigenvalue weighted by Gasteiger charge is -2.37. The number of nitrogens with one attached hydrogen (secondary N) is 1. The second-order valence-corrected chi connectivity index (χ2v) is 8.69. The van der Waals surface area contributed by atoms with E-state index >= 15 is 0 Å². The minimum absolute atomic E-state index is 0.0180. The number of methoxy groups -OCH3 is 1. The zero-order valence-electron chi connectivity index (χ0n) is 16.1. The van der Waals surface area contributed by atoms with Crippen LogP contribution >= 0.6 is 23.4 Å². The zero-order chi connectivity index (χ0) is 20.4. The molecule has 1 saturated heterocycles. The highest BCUT2D eigenvalue weighted by Crippen LogP contribution is 2.38. The van der Waals surface area contributed by atoms with Crippen molar-refractivity contribution >= 4 is 46.6 Å². The van der Waals surface area contributed by atoms with Crippen molar-refractivity contribution < 1.29 is 14.3 Å². The Bertz CT molecular complexity index is 914. The summed E-state index contributed by atoms with van der Waals surface area (Å²) >= 11 is 7.41. The number of amides is 2. The SMILES string of the molecule is COc1ccc(N2CCN(C(=O)C[C@@H]3Sc4ccc(Cl)cc4NC3=O)CC2)cc1. The highest BCUT2D eigenvalue weighted by Gasteiger charge is 2.31. The third-order valence-corrected chi connectivity index (χ3v) is 6.70. The number of fused-ring (bicyclic) bond motifs is 1. The number of rotatable bonds is 4. The maximum atomic E-state index is 12.8. The Balaban J connectivity index is 1.33. The number of ether oxygens (including phenoxy) is 1. The second-order valence-electron chi connectivity index (χ2n) is 7.01. The number of piperazine rings is 1. The number of thioether (sulfide) groups is 1. The Labute approximate surface area is 179 Å². The molecule has 0 aliphatic carbocycles. The summed E-state index contributed by atoms with van der Waals surface area (Å²) in [5, 5.41) is 3.02. The number of halogens is 1. The van der Waals surface area contributed by atoms with Crippen molar-refractivity contribution in [3.8, 4) is 5.75 Å². The Kier molecular flexibility index (Phi) is 5.87. The summed E-state index contributed by atoms with van der Waals surface area (Å²) in [7, 11) is 1.65. The van der Waals surface area contributed by atoms with E-state index in [1.165, 1.54) is 11.8 Å². The van der Waals surface area contributed by atoms with E-state index in [4.69, 9.17) is 16.3 Å². The molecule has 0 spiro atoms. The van der Waals surface area contributed by atoms with Crippen molar-refractivity contribution in [1.82, 2.24) is 4.90 Å². The number of nitrogens with zero attached hydrogens (tertiary/aromatic N) is 2.